The summed E-state index contributed by atoms with van der Waals surface area (Å²) in [5, 5.41) is 7.94. The molecule has 2 aromatic rings. The number of thiophene rings is 1. The number of nitrogens with one attached hydrogen (secondary N) is 2. The van der Waals surface area contributed by atoms with Crippen LogP contribution in [-0.4, -0.2) is 36.7 Å². The lowest BCUT2D eigenvalue weighted by Gasteiger charge is -2.25. The normalized spacial score (nSPS) is 16.8. The van der Waals surface area contributed by atoms with Crippen LogP contribution in [0.5, 0.6) is 0 Å². The van der Waals surface area contributed by atoms with Gasteiger partial charge in [-0.3, -0.25) is 9.78 Å². The fourth-order valence-corrected chi connectivity index (χ4v) is 3.72. The quantitative estimate of drug-likeness (QED) is 0.873. The van der Waals surface area contributed by atoms with Gasteiger partial charge >= 0.3 is 0 Å². The predicted octanol–water partition coefficient (Wildman–Crippen LogP) is 3.19. The number of rotatable bonds is 5. The summed E-state index contributed by atoms with van der Waals surface area (Å²) in [6.45, 7) is 3.58. The molecule has 1 aliphatic rings. The van der Waals surface area contributed by atoms with Crippen molar-refractivity contribution in [3.8, 4) is 10.6 Å². The van der Waals surface area contributed by atoms with Crippen molar-refractivity contribution >= 4 is 17.2 Å². The number of halogens is 1. The Labute approximate surface area is 145 Å². The molecule has 3 rings (SSSR count). The number of piperidine rings is 1. The van der Waals surface area contributed by atoms with Crippen molar-refractivity contribution in [1.29, 1.82) is 0 Å². The number of aromatic nitrogens is 1. The minimum atomic E-state index is -0.991. The third kappa shape index (κ3) is 3.99. The van der Waals surface area contributed by atoms with Gasteiger partial charge < -0.3 is 10.6 Å². The number of carbonyl (C=O) groups is 1. The van der Waals surface area contributed by atoms with Crippen LogP contribution >= 0.6 is 11.3 Å². The predicted molar refractivity (Wildman–Crippen MR) is 95.1 cm³/mol. The first-order valence-electron chi connectivity index (χ1n) is 8.29. The van der Waals surface area contributed by atoms with Crippen molar-refractivity contribution in [1.82, 2.24) is 15.6 Å². The third-order valence-electron chi connectivity index (χ3n) is 4.46. The first kappa shape index (κ1) is 17.0. The zero-order valence-electron chi connectivity index (χ0n) is 13.7. The summed E-state index contributed by atoms with van der Waals surface area (Å²) < 4.78 is 14.3. The molecule has 0 aliphatic carbocycles. The monoisotopic (exact) mass is 347 g/mol. The molecule has 6 heteroatoms. The summed E-state index contributed by atoms with van der Waals surface area (Å²) in [6.07, 6.45) is 0.662. The van der Waals surface area contributed by atoms with Gasteiger partial charge in [0.05, 0.1) is 21.8 Å². The van der Waals surface area contributed by atoms with Gasteiger partial charge in [0.1, 0.15) is 6.17 Å². The van der Waals surface area contributed by atoms with E-state index in [1.54, 1.807) is 17.4 Å². The maximum atomic E-state index is 14.3. The Balaban J connectivity index is 1.60. The van der Waals surface area contributed by atoms with Crippen LogP contribution in [0, 0.1) is 12.8 Å². The van der Waals surface area contributed by atoms with Crippen LogP contribution in [0.4, 0.5) is 4.39 Å². The first-order chi connectivity index (χ1) is 11.6. The van der Waals surface area contributed by atoms with Crippen LogP contribution in [0.3, 0.4) is 0 Å². The molecule has 1 saturated heterocycles. The molecule has 0 spiro atoms. The lowest BCUT2D eigenvalue weighted by atomic mass is 9.93. The molecule has 24 heavy (non-hydrogen) atoms. The van der Waals surface area contributed by atoms with Gasteiger partial charge in [0.2, 0.25) is 0 Å². The average molecular weight is 347 g/mol. The number of alkyl halides is 1. The Bertz CT molecular complexity index is 684. The molecule has 1 atom stereocenters. The average Bonchev–Trinajstić information content (AvgIpc) is 3.14. The SMILES string of the molecule is Cc1nc(-c2cccs2)ccc1C(=O)NCC(F)C1CCNCC1. The van der Waals surface area contributed by atoms with Crippen molar-refractivity contribution < 1.29 is 9.18 Å². The zero-order valence-corrected chi connectivity index (χ0v) is 14.5. The number of hydrogen-bond acceptors (Lipinski definition) is 4. The highest BCUT2D eigenvalue weighted by molar-refractivity contribution is 7.13. The van der Waals surface area contributed by atoms with Gasteiger partial charge in [0.25, 0.3) is 5.91 Å². The minimum absolute atomic E-state index is 0.0342. The van der Waals surface area contributed by atoms with Gasteiger partial charge in [-0.2, -0.15) is 0 Å². The molecule has 0 aromatic carbocycles. The van der Waals surface area contributed by atoms with Crippen LogP contribution in [0.15, 0.2) is 29.6 Å². The standard InChI is InChI=1S/C18H22FN3OS/c1-12-14(4-5-16(22-12)17-3-2-10-24-17)18(23)21-11-15(19)13-6-8-20-9-7-13/h2-5,10,13,15,20H,6-9,11H2,1H3,(H,21,23). The molecule has 2 aromatic heterocycles. The Morgan fingerprint density at radius 3 is 2.88 bits per heavy atom. The Morgan fingerprint density at radius 1 is 1.42 bits per heavy atom. The summed E-state index contributed by atoms with van der Waals surface area (Å²) in [4.78, 5) is 17.9. The second-order valence-corrected chi connectivity index (χ2v) is 7.07. The summed E-state index contributed by atoms with van der Waals surface area (Å²) in [6, 6.07) is 7.58. The Hall–Kier alpha value is -1.79. The zero-order chi connectivity index (χ0) is 16.9. The summed E-state index contributed by atoms with van der Waals surface area (Å²) in [7, 11) is 0. The van der Waals surface area contributed by atoms with E-state index in [0.717, 1.165) is 36.5 Å². The molecule has 1 amide bonds. The maximum absolute atomic E-state index is 14.3. The second-order valence-electron chi connectivity index (χ2n) is 6.12. The van der Waals surface area contributed by atoms with E-state index < -0.39 is 6.17 Å². The fraction of sp³-hybridized carbons (Fsp3) is 0.444. The Morgan fingerprint density at radius 2 is 2.21 bits per heavy atom. The lowest BCUT2D eigenvalue weighted by molar-refractivity contribution is 0.0923. The topological polar surface area (TPSA) is 54.0 Å². The fourth-order valence-electron chi connectivity index (χ4n) is 3.02. The van der Waals surface area contributed by atoms with E-state index in [1.165, 1.54) is 0 Å². The van der Waals surface area contributed by atoms with Crippen LogP contribution in [0.25, 0.3) is 10.6 Å². The van der Waals surface area contributed by atoms with E-state index in [-0.39, 0.29) is 18.4 Å². The number of carbonyl (C=O) groups excluding carboxylic acids is 1. The molecule has 2 N–H and O–H groups in total. The molecule has 0 radical (unpaired) electrons. The number of aryl methyl sites for hydroxylation is 1. The molecular formula is C18H22FN3OS. The highest BCUT2D eigenvalue weighted by Gasteiger charge is 2.24. The van der Waals surface area contributed by atoms with Crippen molar-refractivity contribution in [3.63, 3.8) is 0 Å². The van der Waals surface area contributed by atoms with E-state index >= 15 is 0 Å². The lowest BCUT2D eigenvalue weighted by Crippen LogP contribution is -2.39. The van der Waals surface area contributed by atoms with Crippen molar-refractivity contribution in [3.05, 3.63) is 40.9 Å². The number of hydrogen-bond donors (Lipinski definition) is 2. The molecule has 3 heterocycles. The summed E-state index contributed by atoms with van der Waals surface area (Å²) in [5.41, 5.74) is 2.03. The maximum Gasteiger partial charge on any atom is 0.253 e. The summed E-state index contributed by atoms with van der Waals surface area (Å²) >= 11 is 1.61. The number of amides is 1. The van der Waals surface area contributed by atoms with Crippen molar-refractivity contribution in [2.24, 2.45) is 5.92 Å². The van der Waals surface area contributed by atoms with Gasteiger partial charge in [-0.15, -0.1) is 11.3 Å². The number of pyridine rings is 1. The molecule has 1 fully saturated rings. The molecular weight excluding hydrogens is 325 g/mol. The number of nitrogens with zero attached hydrogens (tertiary/aromatic N) is 1. The van der Waals surface area contributed by atoms with Gasteiger partial charge in [0.15, 0.2) is 0 Å². The van der Waals surface area contributed by atoms with E-state index in [9.17, 15) is 9.18 Å². The van der Waals surface area contributed by atoms with Crippen LogP contribution in [-0.2, 0) is 0 Å². The summed E-state index contributed by atoms with van der Waals surface area (Å²) in [5.74, 6) is -0.221. The van der Waals surface area contributed by atoms with Gasteiger partial charge in [-0.1, -0.05) is 6.07 Å². The smallest absolute Gasteiger partial charge is 0.253 e. The molecule has 128 valence electrons. The van der Waals surface area contributed by atoms with Crippen molar-refractivity contribution in [2.45, 2.75) is 25.9 Å². The molecule has 0 saturated carbocycles. The molecule has 0 bridgehead atoms. The van der Waals surface area contributed by atoms with E-state index in [0.29, 0.717) is 11.3 Å². The van der Waals surface area contributed by atoms with Crippen LogP contribution < -0.4 is 10.6 Å². The second kappa shape index (κ2) is 7.85. The molecule has 4 nitrogen and oxygen atoms in total. The van der Waals surface area contributed by atoms with Crippen LogP contribution in [0.1, 0.15) is 28.9 Å². The van der Waals surface area contributed by atoms with E-state index in [4.69, 9.17) is 0 Å². The molecule has 1 unspecified atom stereocenters. The van der Waals surface area contributed by atoms with Gasteiger partial charge in [-0.25, -0.2) is 4.39 Å². The van der Waals surface area contributed by atoms with E-state index in [2.05, 4.69) is 15.6 Å². The minimum Gasteiger partial charge on any atom is -0.349 e. The highest BCUT2D eigenvalue weighted by Crippen LogP contribution is 2.24. The largest absolute Gasteiger partial charge is 0.349 e. The Kier molecular flexibility index (Phi) is 5.58. The van der Waals surface area contributed by atoms with Crippen molar-refractivity contribution in [2.75, 3.05) is 19.6 Å². The highest BCUT2D eigenvalue weighted by atomic mass is 32.1. The van der Waals surface area contributed by atoms with Gasteiger partial charge in [0, 0.05) is 6.54 Å². The van der Waals surface area contributed by atoms with E-state index in [1.807, 2.05) is 30.5 Å². The van der Waals surface area contributed by atoms with Gasteiger partial charge in [-0.05, 0) is 62.4 Å². The third-order valence-corrected chi connectivity index (χ3v) is 5.35. The molecule has 1 aliphatic heterocycles. The van der Waals surface area contributed by atoms with Crippen LogP contribution in [0.2, 0.25) is 0 Å². The first-order valence-corrected chi connectivity index (χ1v) is 9.17.